The number of pyridine rings is 1. The number of rotatable bonds is 2. The molecular formula is C14H13N5. The van der Waals surface area contributed by atoms with Crippen molar-refractivity contribution in [3.63, 3.8) is 0 Å². The average Bonchev–Trinajstić information content (AvgIpc) is 2.82. The minimum atomic E-state index is 0.474. The van der Waals surface area contributed by atoms with E-state index in [0.29, 0.717) is 11.6 Å². The van der Waals surface area contributed by atoms with Gasteiger partial charge in [0.25, 0.3) is 0 Å². The maximum atomic E-state index is 5.70. The number of benzene rings is 1. The first kappa shape index (κ1) is 11.4. The molecule has 5 nitrogen and oxygen atoms in total. The molecule has 0 amide bonds. The zero-order chi connectivity index (χ0) is 13.2. The van der Waals surface area contributed by atoms with Gasteiger partial charge in [-0.25, -0.2) is 14.6 Å². The Bertz CT molecular complexity index is 703. The number of hydrogen-bond acceptors (Lipinski definition) is 4. The molecule has 19 heavy (non-hydrogen) atoms. The third kappa shape index (κ3) is 2.18. The van der Waals surface area contributed by atoms with Gasteiger partial charge in [-0.15, -0.1) is 0 Å². The topological polar surface area (TPSA) is 69.6 Å². The minimum absolute atomic E-state index is 0.474. The van der Waals surface area contributed by atoms with Gasteiger partial charge in [-0.2, -0.15) is 5.10 Å². The summed E-state index contributed by atoms with van der Waals surface area (Å²) >= 11 is 0. The monoisotopic (exact) mass is 251 g/mol. The van der Waals surface area contributed by atoms with Crippen molar-refractivity contribution in [1.82, 2.24) is 19.7 Å². The van der Waals surface area contributed by atoms with Gasteiger partial charge >= 0.3 is 0 Å². The van der Waals surface area contributed by atoms with Crippen LogP contribution in [0.5, 0.6) is 0 Å². The summed E-state index contributed by atoms with van der Waals surface area (Å²) in [5.41, 5.74) is 7.59. The van der Waals surface area contributed by atoms with E-state index in [0.717, 1.165) is 17.0 Å². The van der Waals surface area contributed by atoms with Crippen molar-refractivity contribution in [3.8, 4) is 22.8 Å². The Morgan fingerprint density at radius 1 is 1.05 bits per heavy atom. The molecule has 3 rings (SSSR count). The first-order valence-electron chi connectivity index (χ1n) is 5.92. The fourth-order valence-electron chi connectivity index (χ4n) is 1.93. The van der Waals surface area contributed by atoms with Crippen molar-refractivity contribution in [2.75, 3.05) is 5.73 Å². The fourth-order valence-corrected chi connectivity index (χ4v) is 1.93. The van der Waals surface area contributed by atoms with Crippen LogP contribution in [0.2, 0.25) is 0 Å². The molecule has 0 radical (unpaired) electrons. The van der Waals surface area contributed by atoms with Crippen molar-refractivity contribution in [2.45, 2.75) is 0 Å². The smallest absolute Gasteiger partial charge is 0.181 e. The van der Waals surface area contributed by atoms with Crippen LogP contribution in [0.15, 0.2) is 48.7 Å². The van der Waals surface area contributed by atoms with E-state index >= 15 is 0 Å². The fraction of sp³-hybridized carbons (Fsp3) is 0.0714. The summed E-state index contributed by atoms with van der Waals surface area (Å²) in [5.74, 6) is 1.95. The number of nitrogens with zero attached hydrogens (tertiary/aromatic N) is 4. The first-order chi connectivity index (χ1) is 9.24. The summed E-state index contributed by atoms with van der Waals surface area (Å²) in [6, 6.07) is 13.5. The standard InChI is InChI=1S/C14H13N5/c1-19-14(11-7-8-16-12(15)9-11)17-13(18-19)10-5-3-2-4-6-10/h2-9H,1H3,(H2,15,16). The molecule has 5 heteroatoms. The molecular weight excluding hydrogens is 238 g/mol. The van der Waals surface area contributed by atoms with Crippen LogP contribution in [-0.2, 0) is 7.05 Å². The van der Waals surface area contributed by atoms with Gasteiger partial charge in [0.15, 0.2) is 11.6 Å². The van der Waals surface area contributed by atoms with Crippen molar-refractivity contribution in [1.29, 1.82) is 0 Å². The number of hydrogen-bond donors (Lipinski definition) is 1. The summed E-state index contributed by atoms with van der Waals surface area (Å²) in [6.07, 6.45) is 1.67. The average molecular weight is 251 g/mol. The second kappa shape index (κ2) is 4.53. The summed E-state index contributed by atoms with van der Waals surface area (Å²) in [5, 5.41) is 4.43. The van der Waals surface area contributed by atoms with Crippen LogP contribution in [0, 0.1) is 0 Å². The molecule has 0 spiro atoms. The third-order valence-electron chi connectivity index (χ3n) is 2.83. The molecule has 2 N–H and O–H groups in total. The van der Waals surface area contributed by atoms with Crippen molar-refractivity contribution < 1.29 is 0 Å². The lowest BCUT2D eigenvalue weighted by atomic mass is 10.2. The lowest BCUT2D eigenvalue weighted by Gasteiger charge is -1.99. The van der Waals surface area contributed by atoms with E-state index in [-0.39, 0.29) is 0 Å². The maximum absolute atomic E-state index is 5.70. The molecule has 0 saturated heterocycles. The minimum Gasteiger partial charge on any atom is -0.384 e. The largest absolute Gasteiger partial charge is 0.384 e. The molecule has 94 valence electrons. The molecule has 0 atom stereocenters. The second-order valence-electron chi connectivity index (χ2n) is 4.22. The van der Waals surface area contributed by atoms with Crippen LogP contribution in [0.3, 0.4) is 0 Å². The normalized spacial score (nSPS) is 10.6. The van der Waals surface area contributed by atoms with E-state index in [1.165, 1.54) is 0 Å². The molecule has 2 aromatic heterocycles. The molecule has 0 fully saturated rings. The van der Waals surface area contributed by atoms with Crippen LogP contribution in [0.4, 0.5) is 5.82 Å². The van der Waals surface area contributed by atoms with Gasteiger partial charge in [0.05, 0.1) is 0 Å². The van der Waals surface area contributed by atoms with Gasteiger partial charge in [-0.05, 0) is 12.1 Å². The van der Waals surface area contributed by atoms with Crippen molar-refractivity contribution in [2.24, 2.45) is 7.05 Å². The summed E-state index contributed by atoms with van der Waals surface area (Å²) in [7, 11) is 1.87. The Morgan fingerprint density at radius 3 is 2.58 bits per heavy atom. The Morgan fingerprint density at radius 2 is 1.84 bits per heavy atom. The Hall–Kier alpha value is -2.69. The highest BCUT2D eigenvalue weighted by Gasteiger charge is 2.11. The lowest BCUT2D eigenvalue weighted by molar-refractivity contribution is 0.777. The van der Waals surface area contributed by atoms with Crippen molar-refractivity contribution in [3.05, 3.63) is 48.7 Å². The Balaban J connectivity index is 2.08. The van der Waals surface area contributed by atoms with Crippen LogP contribution < -0.4 is 5.73 Å². The van der Waals surface area contributed by atoms with Gasteiger partial charge in [0.1, 0.15) is 5.82 Å². The molecule has 2 heterocycles. The van der Waals surface area contributed by atoms with Gasteiger partial charge in [-0.1, -0.05) is 30.3 Å². The van der Waals surface area contributed by atoms with Crippen LogP contribution >= 0.6 is 0 Å². The van der Waals surface area contributed by atoms with Crippen LogP contribution in [-0.4, -0.2) is 19.7 Å². The number of nitrogens with two attached hydrogens (primary N) is 1. The van der Waals surface area contributed by atoms with E-state index in [1.807, 2.05) is 43.4 Å². The van der Waals surface area contributed by atoms with Gasteiger partial charge in [0.2, 0.25) is 0 Å². The highest BCUT2D eigenvalue weighted by molar-refractivity contribution is 5.63. The van der Waals surface area contributed by atoms with Gasteiger partial charge < -0.3 is 5.73 Å². The second-order valence-corrected chi connectivity index (χ2v) is 4.22. The first-order valence-corrected chi connectivity index (χ1v) is 5.92. The Labute approximate surface area is 110 Å². The maximum Gasteiger partial charge on any atom is 0.181 e. The number of aryl methyl sites for hydroxylation is 1. The third-order valence-corrected chi connectivity index (χ3v) is 2.83. The molecule has 0 bridgehead atoms. The summed E-state index contributed by atoms with van der Waals surface area (Å²) in [4.78, 5) is 8.54. The SMILES string of the molecule is Cn1nc(-c2ccccc2)nc1-c1ccnc(N)c1. The van der Waals surface area contributed by atoms with Gasteiger partial charge in [0, 0.05) is 24.4 Å². The molecule has 0 unspecified atom stereocenters. The van der Waals surface area contributed by atoms with Crippen LogP contribution in [0.1, 0.15) is 0 Å². The van der Waals surface area contributed by atoms with E-state index in [1.54, 1.807) is 16.9 Å². The summed E-state index contributed by atoms with van der Waals surface area (Å²) < 4.78 is 1.75. The zero-order valence-corrected chi connectivity index (χ0v) is 10.5. The van der Waals surface area contributed by atoms with E-state index in [4.69, 9.17) is 5.73 Å². The molecule has 3 aromatic rings. The highest BCUT2D eigenvalue weighted by atomic mass is 15.3. The number of aromatic nitrogens is 4. The predicted octanol–water partition coefficient (Wildman–Crippen LogP) is 2.13. The summed E-state index contributed by atoms with van der Waals surface area (Å²) in [6.45, 7) is 0. The molecule has 0 aliphatic rings. The molecule has 0 aliphatic heterocycles. The molecule has 0 saturated carbocycles. The van der Waals surface area contributed by atoms with E-state index < -0.39 is 0 Å². The number of nitrogen functional groups attached to an aromatic ring is 1. The van der Waals surface area contributed by atoms with E-state index in [2.05, 4.69) is 15.1 Å². The lowest BCUT2D eigenvalue weighted by Crippen LogP contribution is -1.96. The van der Waals surface area contributed by atoms with E-state index in [9.17, 15) is 0 Å². The zero-order valence-electron chi connectivity index (χ0n) is 10.5. The van der Waals surface area contributed by atoms with Gasteiger partial charge in [-0.3, -0.25) is 0 Å². The molecule has 1 aromatic carbocycles. The van der Waals surface area contributed by atoms with Crippen molar-refractivity contribution >= 4 is 5.82 Å². The predicted molar refractivity (Wildman–Crippen MR) is 74.1 cm³/mol. The van der Waals surface area contributed by atoms with Crippen LogP contribution in [0.25, 0.3) is 22.8 Å². The number of anilines is 1. The Kier molecular flexibility index (Phi) is 2.72. The highest BCUT2D eigenvalue weighted by Crippen LogP contribution is 2.22. The quantitative estimate of drug-likeness (QED) is 0.757. The molecule has 0 aliphatic carbocycles.